The van der Waals surface area contributed by atoms with Gasteiger partial charge in [-0.3, -0.25) is 0 Å². The molecule has 3 N–H and O–H groups in total. The van der Waals surface area contributed by atoms with Crippen LogP contribution in [0.1, 0.15) is 6.42 Å². The zero-order chi connectivity index (χ0) is 4.41. The van der Waals surface area contributed by atoms with Gasteiger partial charge in [0.15, 0.2) is 0 Å². The first-order chi connectivity index (χ1) is 2.93. The van der Waals surface area contributed by atoms with Gasteiger partial charge in [-0.15, -0.1) is 24.8 Å². The first-order valence-electron chi connectivity index (χ1n) is 2.37. The quantitative estimate of drug-likeness (QED) is 0.571. The molecule has 0 aliphatic carbocycles. The second-order valence-electron chi connectivity index (χ2n) is 1.68. The largest absolute Gasteiger partial charge is 0.329 e. The van der Waals surface area contributed by atoms with Crippen molar-refractivity contribution in [2.24, 2.45) is 5.73 Å². The van der Waals surface area contributed by atoms with Gasteiger partial charge in [0.2, 0.25) is 0 Å². The second kappa shape index (κ2) is 5.63. The predicted molar refractivity (Wildman–Crippen MR) is 40.0 cm³/mol. The van der Waals surface area contributed by atoms with E-state index >= 15 is 0 Å². The first kappa shape index (κ1) is 11.3. The van der Waals surface area contributed by atoms with Crippen LogP contribution >= 0.6 is 24.8 Å². The Morgan fingerprint density at radius 2 is 2.00 bits per heavy atom. The Morgan fingerprint density at radius 3 is 2.00 bits per heavy atom. The molecule has 0 aromatic rings. The monoisotopic (exact) mass is 158 g/mol. The van der Waals surface area contributed by atoms with Crippen molar-refractivity contribution >= 4 is 24.8 Å². The number of nitrogens with two attached hydrogens (primary N) is 1. The van der Waals surface area contributed by atoms with E-state index in [2.05, 4.69) is 5.32 Å². The van der Waals surface area contributed by atoms with Gasteiger partial charge in [0.1, 0.15) is 0 Å². The van der Waals surface area contributed by atoms with E-state index in [0.29, 0.717) is 6.04 Å². The van der Waals surface area contributed by atoms with Gasteiger partial charge in [-0.25, -0.2) is 0 Å². The molecule has 1 rings (SSSR count). The van der Waals surface area contributed by atoms with E-state index in [9.17, 15) is 0 Å². The Morgan fingerprint density at radius 1 is 1.50 bits per heavy atom. The molecule has 0 bridgehead atoms. The topological polar surface area (TPSA) is 38.0 Å². The molecule has 0 radical (unpaired) electrons. The Bertz CT molecular complexity index is 44.5. The molecule has 1 aliphatic heterocycles. The Balaban J connectivity index is 0. The van der Waals surface area contributed by atoms with Crippen LogP contribution in [0.25, 0.3) is 0 Å². The third-order valence-electron chi connectivity index (χ3n) is 1.21. The van der Waals surface area contributed by atoms with Gasteiger partial charge in [-0.2, -0.15) is 0 Å². The number of hydrogen-bond donors (Lipinski definition) is 2. The van der Waals surface area contributed by atoms with Crippen LogP contribution in [0.15, 0.2) is 0 Å². The Hall–Kier alpha value is 0.500. The summed E-state index contributed by atoms with van der Waals surface area (Å²) in [5, 5.41) is 3.17. The minimum Gasteiger partial charge on any atom is -0.329 e. The van der Waals surface area contributed by atoms with Crippen LogP contribution in [0.2, 0.25) is 0 Å². The van der Waals surface area contributed by atoms with Crippen molar-refractivity contribution in [1.29, 1.82) is 0 Å². The molecule has 0 amide bonds. The zero-order valence-corrected chi connectivity index (χ0v) is 6.23. The van der Waals surface area contributed by atoms with Crippen LogP contribution in [0.3, 0.4) is 0 Å². The molecule has 0 aromatic carbocycles. The lowest BCUT2D eigenvalue weighted by molar-refractivity contribution is 0.379. The molecule has 2 nitrogen and oxygen atoms in total. The molecule has 8 heavy (non-hydrogen) atoms. The molecule has 1 atom stereocenters. The number of nitrogens with one attached hydrogen (secondary N) is 1. The molecule has 0 saturated carbocycles. The van der Waals surface area contributed by atoms with E-state index in [0.717, 1.165) is 6.54 Å². The third kappa shape index (κ3) is 2.72. The van der Waals surface area contributed by atoms with Gasteiger partial charge >= 0.3 is 0 Å². The average Bonchev–Trinajstić information content (AvgIpc) is 1.31. The summed E-state index contributed by atoms with van der Waals surface area (Å²) in [4.78, 5) is 0. The first-order valence-corrected chi connectivity index (χ1v) is 2.37. The van der Waals surface area contributed by atoms with Crippen LogP contribution in [0.5, 0.6) is 0 Å². The van der Waals surface area contributed by atoms with Gasteiger partial charge in [0, 0.05) is 12.6 Å². The van der Waals surface area contributed by atoms with Gasteiger partial charge in [-0.1, -0.05) is 0 Å². The van der Waals surface area contributed by atoms with Crippen molar-refractivity contribution in [3.05, 3.63) is 0 Å². The summed E-state index contributed by atoms with van der Waals surface area (Å²) in [6, 6.07) is 0.644. The fraction of sp³-hybridized carbons (Fsp3) is 1.00. The zero-order valence-electron chi connectivity index (χ0n) is 4.59. The maximum absolute atomic E-state index is 5.27. The smallest absolute Gasteiger partial charge is 0.0202 e. The van der Waals surface area contributed by atoms with Crippen LogP contribution in [-0.2, 0) is 0 Å². The maximum atomic E-state index is 5.27. The number of hydrogen-bond acceptors (Lipinski definition) is 2. The molecule has 1 aliphatic rings. The highest BCUT2D eigenvalue weighted by Gasteiger charge is 2.12. The minimum absolute atomic E-state index is 0. The van der Waals surface area contributed by atoms with Crippen molar-refractivity contribution in [3.8, 4) is 0 Å². The molecule has 52 valence electrons. The number of halogens is 2. The summed E-state index contributed by atoms with van der Waals surface area (Å²) in [6.45, 7) is 1.97. The van der Waals surface area contributed by atoms with Crippen molar-refractivity contribution in [1.82, 2.24) is 5.32 Å². The highest BCUT2D eigenvalue weighted by molar-refractivity contribution is 5.85. The molecular weight excluding hydrogens is 147 g/mol. The van der Waals surface area contributed by atoms with Gasteiger partial charge in [-0.05, 0) is 13.0 Å². The number of rotatable bonds is 1. The fourth-order valence-electron chi connectivity index (χ4n) is 0.550. The van der Waals surface area contributed by atoms with E-state index in [1.54, 1.807) is 0 Å². The molecule has 1 saturated heterocycles. The summed E-state index contributed by atoms with van der Waals surface area (Å²) in [7, 11) is 0. The van der Waals surface area contributed by atoms with Gasteiger partial charge in [0.05, 0.1) is 0 Å². The van der Waals surface area contributed by atoms with Gasteiger partial charge < -0.3 is 11.1 Å². The summed E-state index contributed by atoms with van der Waals surface area (Å²) in [5.41, 5.74) is 5.27. The lowest BCUT2D eigenvalue weighted by Crippen LogP contribution is -2.47. The van der Waals surface area contributed by atoms with Crippen molar-refractivity contribution < 1.29 is 0 Å². The average molecular weight is 159 g/mol. The molecule has 0 aromatic heterocycles. The Kier molecular flexibility index (Phi) is 7.97. The van der Waals surface area contributed by atoms with E-state index in [4.69, 9.17) is 5.73 Å². The van der Waals surface area contributed by atoms with E-state index < -0.39 is 0 Å². The fourth-order valence-corrected chi connectivity index (χ4v) is 0.550. The summed E-state index contributed by atoms with van der Waals surface area (Å²) in [5.74, 6) is 0. The van der Waals surface area contributed by atoms with E-state index in [1.165, 1.54) is 13.0 Å². The van der Waals surface area contributed by atoms with E-state index in [-0.39, 0.29) is 24.8 Å². The second-order valence-corrected chi connectivity index (χ2v) is 1.68. The standard InChI is InChI=1S/C4H10N2.2ClH/c5-3-4-1-2-6-4;;/h4,6H,1-3,5H2;2*1H. The van der Waals surface area contributed by atoms with Crippen LogP contribution in [0, 0.1) is 0 Å². The molecule has 1 heterocycles. The predicted octanol–water partition coefficient (Wildman–Crippen LogP) is 0.151. The summed E-state index contributed by atoms with van der Waals surface area (Å²) >= 11 is 0. The van der Waals surface area contributed by atoms with Crippen molar-refractivity contribution in [2.75, 3.05) is 13.1 Å². The lowest BCUT2D eigenvalue weighted by Gasteiger charge is -2.25. The summed E-state index contributed by atoms with van der Waals surface area (Å²) < 4.78 is 0. The van der Waals surface area contributed by atoms with E-state index in [1.807, 2.05) is 0 Å². The van der Waals surface area contributed by atoms with Crippen molar-refractivity contribution in [2.45, 2.75) is 12.5 Å². The molecule has 0 spiro atoms. The third-order valence-corrected chi connectivity index (χ3v) is 1.21. The minimum atomic E-state index is 0. The highest BCUT2D eigenvalue weighted by Crippen LogP contribution is 1.96. The Labute approximate surface area is 62.0 Å². The maximum Gasteiger partial charge on any atom is 0.0202 e. The van der Waals surface area contributed by atoms with Gasteiger partial charge in [0.25, 0.3) is 0 Å². The highest BCUT2D eigenvalue weighted by atomic mass is 35.5. The van der Waals surface area contributed by atoms with Crippen LogP contribution < -0.4 is 11.1 Å². The molecule has 1 unspecified atom stereocenters. The normalized spacial score (nSPS) is 24.4. The SMILES string of the molecule is Cl.Cl.NCC1CCN1. The van der Waals surface area contributed by atoms with Crippen molar-refractivity contribution in [3.63, 3.8) is 0 Å². The molecule has 1 fully saturated rings. The molecular formula is C4H12Cl2N2. The van der Waals surface area contributed by atoms with Crippen LogP contribution in [0.4, 0.5) is 0 Å². The summed E-state index contributed by atoms with van der Waals surface area (Å²) in [6.07, 6.45) is 1.27. The lowest BCUT2D eigenvalue weighted by atomic mass is 10.1. The molecule has 4 heteroatoms. The van der Waals surface area contributed by atoms with Crippen LogP contribution in [-0.4, -0.2) is 19.1 Å².